The summed E-state index contributed by atoms with van der Waals surface area (Å²) in [4.78, 5) is 25.7. The van der Waals surface area contributed by atoms with Crippen molar-refractivity contribution >= 4 is 10.9 Å². The van der Waals surface area contributed by atoms with E-state index in [0.29, 0.717) is 49.5 Å². The number of alkyl halides is 3. The van der Waals surface area contributed by atoms with Gasteiger partial charge in [-0.1, -0.05) is 42.5 Å². The zero-order valence-electron chi connectivity index (χ0n) is 20.9. The van der Waals surface area contributed by atoms with Crippen LogP contribution in [0.4, 0.5) is 13.2 Å². The normalized spacial score (nSPS) is 13.9. The smallest absolute Gasteiger partial charge is 0.416 e. The van der Waals surface area contributed by atoms with E-state index >= 15 is 0 Å². The fraction of sp³-hybridized carbons (Fsp3) is 0.200. The van der Waals surface area contributed by atoms with Crippen molar-refractivity contribution in [3.05, 3.63) is 117 Å². The van der Waals surface area contributed by atoms with Crippen LogP contribution >= 0.6 is 0 Å². The Kier molecular flexibility index (Phi) is 6.44. The van der Waals surface area contributed by atoms with Crippen LogP contribution in [0.5, 0.6) is 5.75 Å². The summed E-state index contributed by atoms with van der Waals surface area (Å²) in [5.74, 6) is 1.05. The second-order valence-corrected chi connectivity index (χ2v) is 9.67. The van der Waals surface area contributed by atoms with Gasteiger partial charge in [0.15, 0.2) is 0 Å². The maximum absolute atomic E-state index is 13.0. The molecule has 2 N–H and O–H groups in total. The first kappa shape index (κ1) is 24.9. The zero-order valence-corrected chi connectivity index (χ0v) is 20.9. The van der Waals surface area contributed by atoms with Gasteiger partial charge in [0.1, 0.15) is 18.2 Å². The molecule has 2 aromatic heterocycles. The monoisotopic (exact) mass is 530 g/mol. The van der Waals surface area contributed by atoms with Gasteiger partial charge in [0.25, 0.3) is 5.56 Å². The van der Waals surface area contributed by atoms with Gasteiger partial charge in [0, 0.05) is 47.9 Å². The molecule has 0 aliphatic carbocycles. The van der Waals surface area contributed by atoms with Gasteiger partial charge >= 0.3 is 6.18 Å². The number of H-pyrrole nitrogens is 2. The number of nitrogens with zero attached hydrogens (tertiary/aromatic N) is 2. The number of hydrogen-bond acceptors (Lipinski definition) is 4. The van der Waals surface area contributed by atoms with Crippen molar-refractivity contribution in [3.63, 3.8) is 0 Å². The van der Waals surface area contributed by atoms with Crippen LogP contribution < -0.4 is 10.3 Å². The number of halogens is 3. The maximum atomic E-state index is 13.0. The molecule has 1 aliphatic rings. The molecule has 0 fully saturated rings. The van der Waals surface area contributed by atoms with Crippen molar-refractivity contribution in [1.82, 2.24) is 19.9 Å². The van der Waals surface area contributed by atoms with Gasteiger partial charge < -0.3 is 14.7 Å². The summed E-state index contributed by atoms with van der Waals surface area (Å²) >= 11 is 0. The van der Waals surface area contributed by atoms with Crippen molar-refractivity contribution in [1.29, 1.82) is 0 Å². The van der Waals surface area contributed by atoms with E-state index in [4.69, 9.17) is 4.74 Å². The van der Waals surface area contributed by atoms with Crippen LogP contribution in [-0.2, 0) is 32.3 Å². The average Bonchev–Trinajstić information content (AvgIpc) is 3.33. The van der Waals surface area contributed by atoms with Gasteiger partial charge in [0.2, 0.25) is 0 Å². The summed E-state index contributed by atoms with van der Waals surface area (Å²) in [5.41, 5.74) is 3.91. The summed E-state index contributed by atoms with van der Waals surface area (Å²) in [5, 5.41) is 1.07. The number of ether oxygens (including phenoxy) is 1. The molecule has 0 atom stereocenters. The van der Waals surface area contributed by atoms with Gasteiger partial charge in [-0.25, -0.2) is 4.98 Å². The maximum Gasteiger partial charge on any atom is 0.416 e. The van der Waals surface area contributed by atoms with Crippen LogP contribution in [0.15, 0.2) is 83.8 Å². The molecular weight excluding hydrogens is 505 g/mol. The molecule has 9 heteroatoms. The van der Waals surface area contributed by atoms with E-state index in [1.165, 1.54) is 12.1 Å². The third-order valence-electron chi connectivity index (χ3n) is 7.02. The fourth-order valence-electron chi connectivity index (χ4n) is 4.94. The second-order valence-electron chi connectivity index (χ2n) is 9.67. The molecule has 0 radical (unpaired) electrons. The number of nitrogens with one attached hydrogen (secondary N) is 2. The van der Waals surface area contributed by atoms with Crippen molar-refractivity contribution < 1.29 is 17.9 Å². The van der Waals surface area contributed by atoms with Gasteiger partial charge in [-0.2, -0.15) is 13.2 Å². The predicted octanol–water partition coefficient (Wildman–Crippen LogP) is 6.07. The van der Waals surface area contributed by atoms with E-state index in [0.717, 1.165) is 39.9 Å². The molecule has 5 aromatic rings. The molecule has 0 saturated heterocycles. The van der Waals surface area contributed by atoms with Crippen molar-refractivity contribution in [3.8, 4) is 17.1 Å². The first-order valence-corrected chi connectivity index (χ1v) is 12.6. The van der Waals surface area contributed by atoms with E-state index < -0.39 is 11.7 Å². The largest absolute Gasteiger partial charge is 0.489 e. The van der Waals surface area contributed by atoms with E-state index in [1.807, 2.05) is 54.7 Å². The molecule has 0 saturated carbocycles. The lowest BCUT2D eigenvalue weighted by atomic mass is 10.0. The SMILES string of the molecule is O=c1[nH]c(-c2ccc(C(F)(F)F)cc2)nc2c1CCN(Cc1c[nH]c3ccc(OCc4ccccc4)cc13)C2. The molecule has 39 heavy (non-hydrogen) atoms. The molecule has 6 rings (SSSR count). The van der Waals surface area contributed by atoms with Crippen LogP contribution in [0.2, 0.25) is 0 Å². The molecule has 6 nitrogen and oxygen atoms in total. The first-order chi connectivity index (χ1) is 18.8. The lowest BCUT2D eigenvalue weighted by Crippen LogP contribution is -2.35. The Morgan fingerprint density at radius 1 is 1.00 bits per heavy atom. The Bertz CT molecular complexity index is 1680. The Hall–Kier alpha value is -4.37. The van der Waals surface area contributed by atoms with E-state index in [2.05, 4.69) is 19.9 Å². The van der Waals surface area contributed by atoms with Crippen molar-refractivity contribution in [2.45, 2.75) is 32.3 Å². The lowest BCUT2D eigenvalue weighted by Gasteiger charge is -2.27. The molecule has 198 valence electrons. The number of rotatable bonds is 6. The summed E-state index contributed by atoms with van der Waals surface area (Å²) in [6, 6.07) is 20.6. The van der Waals surface area contributed by atoms with Crippen molar-refractivity contribution in [2.75, 3.05) is 6.54 Å². The zero-order chi connectivity index (χ0) is 27.0. The number of hydrogen-bond donors (Lipinski definition) is 2. The highest BCUT2D eigenvalue weighted by atomic mass is 19.4. The summed E-state index contributed by atoms with van der Waals surface area (Å²) in [6.07, 6.45) is -1.90. The summed E-state index contributed by atoms with van der Waals surface area (Å²) in [6.45, 7) is 2.28. The van der Waals surface area contributed by atoms with Gasteiger partial charge in [-0.05, 0) is 47.9 Å². The van der Waals surface area contributed by atoms with Crippen LogP contribution in [0.3, 0.4) is 0 Å². The number of benzene rings is 3. The lowest BCUT2D eigenvalue weighted by molar-refractivity contribution is -0.137. The quantitative estimate of drug-likeness (QED) is 0.279. The highest BCUT2D eigenvalue weighted by molar-refractivity contribution is 5.84. The highest BCUT2D eigenvalue weighted by Gasteiger charge is 2.30. The standard InChI is InChI=1S/C30H25F3N4O2/c31-30(32,33)22-8-6-20(7-9-22)28-35-27-17-37(13-12-24(27)29(38)36-28)16-21-15-34-26-11-10-23(14-25(21)26)39-18-19-4-2-1-3-5-19/h1-11,14-15,34H,12-13,16-18H2,(H,35,36,38). The minimum Gasteiger partial charge on any atom is -0.489 e. The molecule has 3 heterocycles. The Labute approximate surface area is 222 Å². The number of fused-ring (bicyclic) bond motifs is 2. The number of aromatic amines is 2. The second kappa shape index (κ2) is 10.1. The first-order valence-electron chi connectivity index (χ1n) is 12.6. The van der Waals surface area contributed by atoms with Crippen LogP contribution in [0.25, 0.3) is 22.3 Å². The number of aromatic nitrogens is 3. The minimum atomic E-state index is -4.42. The summed E-state index contributed by atoms with van der Waals surface area (Å²) in [7, 11) is 0. The highest BCUT2D eigenvalue weighted by Crippen LogP contribution is 2.31. The topological polar surface area (TPSA) is 74.0 Å². The van der Waals surface area contributed by atoms with Gasteiger partial charge in [-0.15, -0.1) is 0 Å². The summed E-state index contributed by atoms with van der Waals surface area (Å²) < 4.78 is 44.9. The predicted molar refractivity (Wildman–Crippen MR) is 142 cm³/mol. The Morgan fingerprint density at radius 3 is 2.56 bits per heavy atom. The molecule has 0 bridgehead atoms. The van der Waals surface area contributed by atoms with E-state index in [-0.39, 0.29) is 11.4 Å². The van der Waals surface area contributed by atoms with E-state index in [9.17, 15) is 18.0 Å². The molecule has 0 unspecified atom stereocenters. The van der Waals surface area contributed by atoms with Crippen LogP contribution in [0.1, 0.15) is 27.9 Å². The molecule has 0 spiro atoms. The Morgan fingerprint density at radius 2 is 1.79 bits per heavy atom. The van der Waals surface area contributed by atoms with Gasteiger partial charge in [0.05, 0.1) is 11.3 Å². The average molecular weight is 531 g/mol. The van der Waals surface area contributed by atoms with Gasteiger partial charge in [-0.3, -0.25) is 9.69 Å². The molecule has 0 amide bonds. The molecular formula is C30H25F3N4O2. The fourth-order valence-corrected chi connectivity index (χ4v) is 4.94. The molecule has 1 aliphatic heterocycles. The third kappa shape index (κ3) is 5.31. The third-order valence-corrected chi connectivity index (χ3v) is 7.02. The molecule has 3 aromatic carbocycles. The van der Waals surface area contributed by atoms with E-state index in [1.54, 1.807) is 0 Å². The van der Waals surface area contributed by atoms with Crippen LogP contribution in [0, 0.1) is 0 Å². The Balaban J connectivity index is 1.20. The van der Waals surface area contributed by atoms with Crippen LogP contribution in [-0.4, -0.2) is 26.4 Å². The minimum absolute atomic E-state index is 0.248. The van der Waals surface area contributed by atoms with Crippen molar-refractivity contribution in [2.24, 2.45) is 0 Å².